The third-order valence-corrected chi connectivity index (χ3v) is 10.4. The number of rotatable bonds is 6. The van der Waals surface area contributed by atoms with Crippen molar-refractivity contribution in [3.63, 3.8) is 0 Å². The van der Waals surface area contributed by atoms with Crippen LogP contribution in [0.1, 0.15) is 70.8 Å². The second-order valence-corrected chi connectivity index (χ2v) is 12.7. The fourth-order valence-corrected chi connectivity index (χ4v) is 8.48. The lowest BCUT2D eigenvalue weighted by molar-refractivity contribution is -0.0992. The second-order valence-electron chi connectivity index (χ2n) is 12.7. The van der Waals surface area contributed by atoms with E-state index in [1.807, 2.05) is 18.7 Å². The molecule has 37 heavy (non-hydrogen) atoms. The first kappa shape index (κ1) is 24.9. The molecular formula is C32H42N2O3. The normalized spacial score (nSPS) is 38.0. The van der Waals surface area contributed by atoms with E-state index in [9.17, 15) is 10.2 Å². The molecule has 2 N–H and O–H groups in total. The average molecular weight is 503 g/mol. The maximum absolute atomic E-state index is 11.1. The number of benzene rings is 1. The van der Waals surface area contributed by atoms with Crippen molar-refractivity contribution in [1.82, 2.24) is 9.55 Å². The summed E-state index contributed by atoms with van der Waals surface area (Å²) in [6.45, 7) is 6.41. The number of imidazole rings is 1. The quantitative estimate of drug-likeness (QED) is 0.374. The van der Waals surface area contributed by atoms with E-state index in [4.69, 9.17) is 4.74 Å². The summed E-state index contributed by atoms with van der Waals surface area (Å²) in [6.07, 6.45) is 17.7. The SMILES string of the molecule is C[C@]12CC[C@@H]3[C@@H](CC=C4CC(O)CC(O)[C@@]43C)[C@@H]1CC(=Cc1cccc(OCCCn3ccnc3)c1)C2. The summed E-state index contributed by atoms with van der Waals surface area (Å²) in [6, 6.07) is 8.53. The average Bonchev–Trinajstić information content (AvgIpc) is 3.50. The standard InChI is InChI=1S/C32H42N2O3/c1-31-10-9-28-27(8-7-24-18-25(35)19-30(36)32(24,28)2)29(31)17-23(20-31)15-22-5-3-6-26(16-22)37-14-4-12-34-13-11-33-21-34/h3,5-7,11,13,15-16,21,25,27-30,35-36H,4,8-10,12,14,17-20H2,1-2H3/t25?,27-,28-,29+,30?,31-,32+/m1/s1. The zero-order valence-corrected chi connectivity index (χ0v) is 22.4. The van der Waals surface area contributed by atoms with Gasteiger partial charge in [0.15, 0.2) is 0 Å². The number of nitrogens with zero attached hydrogens (tertiary/aromatic N) is 2. The van der Waals surface area contributed by atoms with Crippen LogP contribution >= 0.6 is 0 Å². The Hall–Kier alpha value is -2.37. The number of fused-ring (bicyclic) bond motifs is 5. The molecule has 2 unspecified atom stereocenters. The first-order valence-corrected chi connectivity index (χ1v) is 14.3. The Morgan fingerprint density at radius 2 is 2.08 bits per heavy atom. The molecule has 3 fully saturated rings. The minimum Gasteiger partial charge on any atom is -0.494 e. The van der Waals surface area contributed by atoms with Gasteiger partial charge in [-0.25, -0.2) is 4.98 Å². The molecule has 3 saturated carbocycles. The molecule has 1 aromatic carbocycles. The topological polar surface area (TPSA) is 67.5 Å². The Bertz CT molecular complexity index is 1170. The number of hydrogen-bond donors (Lipinski definition) is 2. The van der Waals surface area contributed by atoms with Crippen molar-refractivity contribution in [3.05, 3.63) is 65.8 Å². The van der Waals surface area contributed by atoms with E-state index < -0.39 is 12.2 Å². The van der Waals surface area contributed by atoms with Crippen molar-refractivity contribution >= 4 is 6.08 Å². The monoisotopic (exact) mass is 502 g/mol. The Morgan fingerprint density at radius 1 is 1.19 bits per heavy atom. The Balaban J connectivity index is 1.15. The highest BCUT2D eigenvalue weighted by Gasteiger charge is 2.58. The summed E-state index contributed by atoms with van der Waals surface area (Å²) in [5.41, 5.74) is 4.29. The predicted molar refractivity (Wildman–Crippen MR) is 146 cm³/mol. The number of hydrogen-bond acceptors (Lipinski definition) is 4. The van der Waals surface area contributed by atoms with Gasteiger partial charge in [-0.15, -0.1) is 0 Å². The predicted octanol–water partition coefficient (Wildman–Crippen LogP) is 6.03. The van der Waals surface area contributed by atoms with Crippen LogP contribution in [0, 0.1) is 28.6 Å². The van der Waals surface area contributed by atoms with Crippen LogP contribution in [0.3, 0.4) is 0 Å². The smallest absolute Gasteiger partial charge is 0.119 e. The molecule has 0 saturated heterocycles. The summed E-state index contributed by atoms with van der Waals surface area (Å²) in [4.78, 5) is 4.09. The van der Waals surface area contributed by atoms with E-state index in [1.165, 1.54) is 30.4 Å². The van der Waals surface area contributed by atoms with E-state index in [1.54, 1.807) is 5.57 Å². The molecule has 198 valence electrons. The van der Waals surface area contributed by atoms with Crippen LogP contribution < -0.4 is 4.74 Å². The van der Waals surface area contributed by atoms with Crippen molar-refractivity contribution in [3.8, 4) is 5.75 Å². The van der Waals surface area contributed by atoms with Crippen LogP contribution in [0.25, 0.3) is 6.08 Å². The molecule has 0 spiro atoms. The van der Waals surface area contributed by atoms with Gasteiger partial charge in [0.05, 0.1) is 25.1 Å². The summed E-state index contributed by atoms with van der Waals surface area (Å²) in [7, 11) is 0. The number of aliphatic hydroxyl groups excluding tert-OH is 2. The second kappa shape index (κ2) is 9.74. The molecule has 1 heterocycles. The summed E-state index contributed by atoms with van der Waals surface area (Å²) in [5.74, 6) is 2.74. The van der Waals surface area contributed by atoms with Gasteiger partial charge in [-0.1, -0.05) is 49.3 Å². The van der Waals surface area contributed by atoms with Gasteiger partial charge >= 0.3 is 0 Å². The van der Waals surface area contributed by atoms with Crippen LogP contribution in [0.2, 0.25) is 0 Å². The van der Waals surface area contributed by atoms with Gasteiger partial charge in [-0.2, -0.15) is 0 Å². The number of ether oxygens (including phenoxy) is 1. The van der Waals surface area contributed by atoms with Crippen molar-refractivity contribution in [2.45, 2.75) is 84.0 Å². The maximum atomic E-state index is 11.1. The Labute approximate surface area is 221 Å². The van der Waals surface area contributed by atoms with E-state index in [0.29, 0.717) is 36.2 Å². The third kappa shape index (κ3) is 4.59. The van der Waals surface area contributed by atoms with Crippen molar-refractivity contribution < 1.29 is 14.9 Å². The van der Waals surface area contributed by atoms with Gasteiger partial charge in [0.1, 0.15) is 5.75 Å². The van der Waals surface area contributed by atoms with E-state index in [2.05, 4.69) is 59.8 Å². The number of allylic oxidation sites excluding steroid dienone is 2. The maximum Gasteiger partial charge on any atom is 0.119 e. The van der Waals surface area contributed by atoms with Gasteiger partial charge in [0.2, 0.25) is 0 Å². The highest BCUT2D eigenvalue weighted by atomic mass is 16.5. The molecule has 5 nitrogen and oxygen atoms in total. The molecule has 0 bridgehead atoms. The van der Waals surface area contributed by atoms with Gasteiger partial charge < -0.3 is 19.5 Å². The molecule has 6 rings (SSSR count). The number of aryl methyl sites for hydroxylation is 1. The summed E-state index contributed by atoms with van der Waals surface area (Å²) < 4.78 is 8.14. The van der Waals surface area contributed by atoms with Gasteiger partial charge in [0, 0.05) is 30.8 Å². The molecule has 7 atom stereocenters. The minimum absolute atomic E-state index is 0.167. The lowest BCUT2D eigenvalue weighted by Crippen LogP contribution is -2.54. The zero-order valence-electron chi connectivity index (χ0n) is 22.4. The Kier molecular flexibility index (Phi) is 6.57. The fourth-order valence-electron chi connectivity index (χ4n) is 8.48. The van der Waals surface area contributed by atoms with Crippen LogP contribution in [-0.4, -0.2) is 38.6 Å². The van der Waals surface area contributed by atoms with Gasteiger partial charge in [0.25, 0.3) is 0 Å². The number of aliphatic hydroxyl groups is 2. The van der Waals surface area contributed by atoms with Crippen molar-refractivity contribution in [2.75, 3.05) is 6.61 Å². The third-order valence-electron chi connectivity index (χ3n) is 10.4. The zero-order chi connectivity index (χ0) is 25.6. The molecule has 0 radical (unpaired) electrons. The largest absolute Gasteiger partial charge is 0.494 e. The van der Waals surface area contributed by atoms with E-state index in [-0.39, 0.29) is 5.41 Å². The van der Waals surface area contributed by atoms with Crippen LogP contribution in [0.4, 0.5) is 0 Å². The fraction of sp³-hybridized carbons (Fsp3) is 0.594. The molecule has 0 aliphatic heterocycles. The van der Waals surface area contributed by atoms with Crippen molar-refractivity contribution in [2.24, 2.45) is 28.6 Å². The molecule has 5 heteroatoms. The molecule has 0 amide bonds. The first-order chi connectivity index (χ1) is 17.8. The molecular weight excluding hydrogens is 460 g/mol. The van der Waals surface area contributed by atoms with Crippen LogP contribution in [-0.2, 0) is 6.54 Å². The van der Waals surface area contributed by atoms with E-state index >= 15 is 0 Å². The molecule has 2 aromatic rings. The van der Waals surface area contributed by atoms with Crippen LogP contribution in [0.5, 0.6) is 5.75 Å². The molecule has 4 aliphatic rings. The van der Waals surface area contributed by atoms with Crippen LogP contribution in [0.15, 0.2) is 60.2 Å². The molecule has 1 aromatic heterocycles. The minimum atomic E-state index is -0.432. The Morgan fingerprint density at radius 3 is 2.92 bits per heavy atom. The highest BCUT2D eigenvalue weighted by molar-refractivity contribution is 5.56. The lowest BCUT2D eigenvalue weighted by Gasteiger charge is -2.58. The summed E-state index contributed by atoms with van der Waals surface area (Å²) in [5, 5.41) is 21.4. The van der Waals surface area contributed by atoms with Gasteiger partial charge in [-0.3, -0.25) is 0 Å². The van der Waals surface area contributed by atoms with E-state index in [0.717, 1.165) is 38.0 Å². The van der Waals surface area contributed by atoms with Gasteiger partial charge in [-0.05, 0) is 85.8 Å². The van der Waals surface area contributed by atoms with Crippen molar-refractivity contribution in [1.29, 1.82) is 0 Å². The molecule has 4 aliphatic carbocycles. The lowest BCUT2D eigenvalue weighted by atomic mass is 9.47. The summed E-state index contributed by atoms with van der Waals surface area (Å²) >= 11 is 0. The number of aromatic nitrogens is 2. The first-order valence-electron chi connectivity index (χ1n) is 14.3. The highest BCUT2D eigenvalue weighted by Crippen LogP contribution is 2.65.